The summed E-state index contributed by atoms with van der Waals surface area (Å²) in [7, 11) is -3.59. The van der Waals surface area contributed by atoms with Crippen molar-refractivity contribution in [3.05, 3.63) is 24.5 Å². The van der Waals surface area contributed by atoms with Crippen LogP contribution in [-0.4, -0.2) is 52.5 Å². The van der Waals surface area contributed by atoms with Gasteiger partial charge in [0.1, 0.15) is 4.90 Å². The third kappa shape index (κ3) is 2.36. The molecule has 3 aliphatic rings. The van der Waals surface area contributed by atoms with E-state index in [0.717, 1.165) is 12.8 Å². The summed E-state index contributed by atoms with van der Waals surface area (Å²) in [4.78, 5) is 29.5. The van der Waals surface area contributed by atoms with Crippen molar-refractivity contribution < 1.29 is 18.0 Å². The number of hydrogen-bond acceptors (Lipinski definition) is 5. The minimum absolute atomic E-state index is 0.118. The Morgan fingerprint density at radius 1 is 1.00 bits per heavy atom. The number of pyridine rings is 1. The van der Waals surface area contributed by atoms with Gasteiger partial charge in [0.15, 0.2) is 0 Å². The number of nitrogens with zero attached hydrogens (tertiary/aromatic N) is 3. The van der Waals surface area contributed by atoms with Crippen molar-refractivity contribution in [2.45, 2.75) is 61.5 Å². The molecule has 8 heteroatoms. The van der Waals surface area contributed by atoms with E-state index < -0.39 is 10.0 Å². The number of imide groups is 1. The molecule has 1 aromatic rings. The quantitative estimate of drug-likeness (QED) is 0.757. The van der Waals surface area contributed by atoms with E-state index in [2.05, 4.69) is 4.98 Å². The van der Waals surface area contributed by atoms with E-state index in [-0.39, 0.29) is 47.7 Å². The Kier molecular flexibility index (Phi) is 3.69. The van der Waals surface area contributed by atoms with Crippen LogP contribution >= 0.6 is 0 Å². The van der Waals surface area contributed by atoms with Gasteiger partial charge < -0.3 is 0 Å². The van der Waals surface area contributed by atoms with Crippen molar-refractivity contribution in [1.29, 1.82) is 0 Å². The number of aromatic nitrogens is 1. The van der Waals surface area contributed by atoms with Crippen molar-refractivity contribution in [2.24, 2.45) is 0 Å². The maximum absolute atomic E-state index is 12.9. The van der Waals surface area contributed by atoms with Crippen LogP contribution in [-0.2, 0) is 19.6 Å². The minimum atomic E-state index is -3.59. The van der Waals surface area contributed by atoms with E-state index in [9.17, 15) is 18.0 Å². The van der Waals surface area contributed by atoms with Gasteiger partial charge in [-0.25, -0.2) is 8.42 Å². The largest absolute Gasteiger partial charge is 0.279 e. The van der Waals surface area contributed by atoms with Gasteiger partial charge in [-0.2, -0.15) is 4.31 Å². The first-order valence-electron chi connectivity index (χ1n) is 8.27. The lowest BCUT2D eigenvalue weighted by Gasteiger charge is -2.40. The first-order chi connectivity index (χ1) is 11.5. The number of carbonyl (C=O) groups is 2. The fraction of sp³-hybridized carbons (Fsp3) is 0.562. The third-order valence-electron chi connectivity index (χ3n) is 5.31. The highest BCUT2D eigenvalue weighted by Crippen LogP contribution is 2.41. The van der Waals surface area contributed by atoms with Gasteiger partial charge in [0, 0.05) is 43.4 Å². The molecule has 0 aliphatic carbocycles. The Labute approximate surface area is 140 Å². The van der Waals surface area contributed by atoms with Crippen LogP contribution in [0, 0.1) is 0 Å². The third-order valence-corrected chi connectivity index (χ3v) is 7.29. The lowest BCUT2D eigenvalue weighted by molar-refractivity contribution is -0.142. The number of hydrogen-bond donors (Lipinski definition) is 0. The summed E-state index contributed by atoms with van der Waals surface area (Å²) in [5, 5.41) is 0. The maximum atomic E-state index is 12.9. The van der Waals surface area contributed by atoms with Crippen LogP contribution in [0.3, 0.4) is 0 Å². The molecule has 3 aliphatic heterocycles. The molecule has 3 fully saturated rings. The Hall–Kier alpha value is -1.80. The zero-order valence-corrected chi connectivity index (χ0v) is 14.0. The number of rotatable bonds is 3. The lowest BCUT2D eigenvalue weighted by atomic mass is 9.98. The molecule has 2 atom stereocenters. The first kappa shape index (κ1) is 15.7. The molecule has 4 rings (SSSR count). The Bertz CT molecular complexity index is 750. The summed E-state index contributed by atoms with van der Waals surface area (Å²) in [5.74, 6) is -0.235. The fourth-order valence-corrected chi connectivity index (χ4v) is 6.19. The summed E-state index contributed by atoms with van der Waals surface area (Å²) in [5.41, 5.74) is 0. The Morgan fingerprint density at radius 3 is 2.17 bits per heavy atom. The van der Waals surface area contributed by atoms with E-state index in [1.807, 2.05) is 0 Å². The number of carbonyl (C=O) groups excluding carboxylic acids is 2. The summed E-state index contributed by atoms with van der Waals surface area (Å²) < 4.78 is 27.5. The van der Waals surface area contributed by atoms with Gasteiger partial charge in [-0.1, -0.05) is 0 Å². The predicted octanol–water partition coefficient (Wildman–Crippen LogP) is 0.915. The molecule has 1 aromatic heterocycles. The van der Waals surface area contributed by atoms with Crippen molar-refractivity contribution in [3.8, 4) is 0 Å². The zero-order chi connectivity index (χ0) is 16.9. The van der Waals surface area contributed by atoms with Crippen molar-refractivity contribution in [3.63, 3.8) is 0 Å². The highest BCUT2D eigenvalue weighted by Gasteiger charge is 2.50. The topological polar surface area (TPSA) is 87.7 Å². The summed E-state index contributed by atoms with van der Waals surface area (Å²) >= 11 is 0. The van der Waals surface area contributed by atoms with Gasteiger partial charge in [0.05, 0.1) is 0 Å². The number of fused-ring (bicyclic) bond motifs is 2. The second-order valence-corrected chi connectivity index (χ2v) is 8.53. The van der Waals surface area contributed by atoms with Crippen LogP contribution in [0.5, 0.6) is 0 Å². The van der Waals surface area contributed by atoms with Gasteiger partial charge in [-0.15, -0.1) is 0 Å². The average molecular weight is 349 g/mol. The smallest absolute Gasteiger partial charge is 0.245 e. The fourth-order valence-electron chi connectivity index (χ4n) is 4.33. The molecule has 4 heterocycles. The van der Waals surface area contributed by atoms with Crippen molar-refractivity contribution in [1.82, 2.24) is 14.2 Å². The molecular weight excluding hydrogens is 330 g/mol. The summed E-state index contributed by atoms with van der Waals surface area (Å²) in [6, 6.07) is 2.70. The zero-order valence-electron chi connectivity index (χ0n) is 13.2. The van der Waals surface area contributed by atoms with E-state index >= 15 is 0 Å². The van der Waals surface area contributed by atoms with Crippen LogP contribution in [0.15, 0.2) is 29.4 Å². The molecule has 0 radical (unpaired) electrons. The molecule has 2 amide bonds. The van der Waals surface area contributed by atoms with Gasteiger partial charge in [0.2, 0.25) is 21.8 Å². The van der Waals surface area contributed by atoms with Crippen LogP contribution in [0.2, 0.25) is 0 Å². The van der Waals surface area contributed by atoms with Crippen LogP contribution in [0.4, 0.5) is 0 Å². The SMILES string of the molecule is O=C1CCC(=O)N1C1CC2CCC(C1)N2S(=O)(=O)c1cccnc1. The van der Waals surface area contributed by atoms with E-state index in [0.29, 0.717) is 12.8 Å². The van der Waals surface area contributed by atoms with Crippen LogP contribution < -0.4 is 0 Å². The normalized spacial score (nSPS) is 31.0. The lowest BCUT2D eigenvalue weighted by Crippen LogP contribution is -2.53. The maximum Gasteiger partial charge on any atom is 0.245 e. The second-order valence-electron chi connectivity index (χ2n) is 6.69. The molecule has 2 bridgehead atoms. The van der Waals surface area contributed by atoms with Crippen molar-refractivity contribution >= 4 is 21.8 Å². The Morgan fingerprint density at radius 2 is 1.62 bits per heavy atom. The number of likely N-dealkylation sites (tertiary alicyclic amines) is 1. The average Bonchev–Trinajstić information content (AvgIpc) is 3.05. The van der Waals surface area contributed by atoms with Gasteiger partial charge in [0.25, 0.3) is 0 Å². The predicted molar refractivity (Wildman–Crippen MR) is 84.2 cm³/mol. The van der Waals surface area contributed by atoms with Crippen LogP contribution in [0.25, 0.3) is 0 Å². The molecule has 2 unspecified atom stereocenters. The number of piperidine rings is 1. The minimum Gasteiger partial charge on any atom is -0.279 e. The van der Waals surface area contributed by atoms with E-state index in [4.69, 9.17) is 0 Å². The molecule has 0 spiro atoms. The van der Waals surface area contributed by atoms with Gasteiger partial charge in [-0.05, 0) is 37.8 Å². The highest BCUT2D eigenvalue weighted by molar-refractivity contribution is 7.89. The van der Waals surface area contributed by atoms with E-state index in [1.165, 1.54) is 11.1 Å². The molecule has 0 aromatic carbocycles. The second kappa shape index (κ2) is 5.63. The Balaban J connectivity index is 1.60. The molecule has 3 saturated heterocycles. The number of sulfonamides is 1. The molecule has 0 saturated carbocycles. The van der Waals surface area contributed by atoms with E-state index in [1.54, 1.807) is 22.6 Å². The highest BCUT2D eigenvalue weighted by atomic mass is 32.2. The number of amides is 2. The van der Waals surface area contributed by atoms with Gasteiger partial charge >= 0.3 is 0 Å². The van der Waals surface area contributed by atoms with Gasteiger partial charge in [-0.3, -0.25) is 19.5 Å². The van der Waals surface area contributed by atoms with Crippen LogP contribution in [0.1, 0.15) is 38.5 Å². The molecule has 7 nitrogen and oxygen atoms in total. The first-order valence-corrected chi connectivity index (χ1v) is 9.71. The standard InChI is InChI=1S/C16H19N3O4S/c20-15-5-6-16(21)18(15)13-8-11-3-4-12(9-13)19(11)24(22,23)14-2-1-7-17-10-14/h1-2,7,10-13H,3-6,8-9H2. The summed E-state index contributed by atoms with van der Waals surface area (Å²) in [6.07, 6.45) is 6.10. The molecular formula is C16H19N3O4S. The monoisotopic (exact) mass is 349 g/mol. The van der Waals surface area contributed by atoms with Crippen molar-refractivity contribution in [2.75, 3.05) is 0 Å². The summed E-state index contributed by atoms with van der Waals surface area (Å²) in [6.45, 7) is 0. The molecule has 128 valence electrons. The molecule has 0 N–H and O–H groups in total. The molecule has 24 heavy (non-hydrogen) atoms.